The van der Waals surface area contributed by atoms with Gasteiger partial charge in [0.2, 0.25) is 5.91 Å². The molecule has 2 saturated heterocycles. The molecule has 0 radical (unpaired) electrons. The highest BCUT2D eigenvalue weighted by Crippen LogP contribution is 2.33. The first-order valence-electron chi connectivity index (χ1n) is 11.4. The Kier molecular flexibility index (Phi) is 7.01. The van der Waals surface area contributed by atoms with Crippen LogP contribution >= 0.6 is 0 Å². The number of anilines is 2. The predicted molar refractivity (Wildman–Crippen MR) is 118 cm³/mol. The summed E-state index contributed by atoms with van der Waals surface area (Å²) in [7, 11) is 0. The zero-order valence-electron chi connectivity index (χ0n) is 19.3. The number of carbonyl (C=O) groups is 2. The second kappa shape index (κ2) is 9.86. The number of halogens is 5. The van der Waals surface area contributed by atoms with Crippen LogP contribution < -0.4 is 10.1 Å². The number of nitrogens with zero attached hydrogens (tertiary/aromatic N) is 4. The zero-order chi connectivity index (χ0) is 26.1. The number of aryl methyl sites for hydroxylation is 1. The van der Waals surface area contributed by atoms with Crippen LogP contribution in [0.5, 0.6) is 5.75 Å². The second-order valence-electron chi connectivity index (χ2n) is 8.79. The third kappa shape index (κ3) is 6.00. The summed E-state index contributed by atoms with van der Waals surface area (Å²) in [5.74, 6) is -4.83. The Hall–Kier alpha value is -3.51. The van der Waals surface area contributed by atoms with E-state index < -0.39 is 42.9 Å². The van der Waals surface area contributed by atoms with Crippen LogP contribution in [-0.4, -0.2) is 69.5 Å². The van der Waals surface area contributed by atoms with Gasteiger partial charge in [-0.3, -0.25) is 9.59 Å². The molecule has 194 valence electrons. The van der Waals surface area contributed by atoms with Gasteiger partial charge in [0.15, 0.2) is 0 Å². The van der Waals surface area contributed by atoms with Crippen LogP contribution in [-0.2, 0) is 4.79 Å². The van der Waals surface area contributed by atoms with E-state index in [4.69, 9.17) is 0 Å². The molecule has 0 aliphatic carbocycles. The van der Waals surface area contributed by atoms with Crippen LogP contribution in [0.25, 0.3) is 0 Å². The maximum Gasteiger partial charge on any atom is 0.573 e. The molecule has 2 amide bonds. The fourth-order valence-electron chi connectivity index (χ4n) is 4.32. The number of ether oxygens (including phenoxy) is 1. The van der Waals surface area contributed by atoms with E-state index in [0.29, 0.717) is 18.7 Å². The Morgan fingerprint density at radius 1 is 1.14 bits per heavy atom. The SMILES string of the molecule is Cc1ccc(Nc2cc(OC(F)(F)F)ccn2)nc1C(=O)N1CC(F)(F)CCC1C(=O)N1CCCC1. The first-order valence-corrected chi connectivity index (χ1v) is 11.4. The van der Waals surface area contributed by atoms with Crippen LogP contribution in [0.2, 0.25) is 0 Å². The van der Waals surface area contributed by atoms with Gasteiger partial charge in [0, 0.05) is 31.8 Å². The zero-order valence-corrected chi connectivity index (χ0v) is 19.3. The van der Waals surface area contributed by atoms with Gasteiger partial charge in [0.25, 0.3) is 11.8 Å². The third-order valence-corrected chi connectivity index (χ3v) is 6.05. The summed E-state index contributed by atoms with van der Waals surface area (Å²) in [6, 6.07) is 3.96. The number of rotatable bonds is 5. The van der Waals surface area contributed by atoms with E-state index in [1.165, 1.54) is 12.1 Å². The van der Waals surface area contributed by atoms with Gasteiger partial charge in [-0.15, -0.1) is 13.2 Å². The summed E-state index contributed by atoms with van der Waals surface area (Å²) in [6.45, 7) is 1.70. The Bertz CT molecular complexity index is 1140. The van der Waals surface area contributed by atoms with Crippen molar-refractivity contribution in [2.75, 3.05) is 25.0 Å². The number of hydrogen-bond acceptors (Lipinski definition) is 6. The molecule has 4 heterocycles. The number of aromatic nitrogens is 2. The van der Waals surface area contributed by atoms with Gasteiger partial charge in [0.05, 0.1) is 6.54 Å². The van der Waals surface area contributed by atoms with E-state index >= 15 is 0 Å². The number of likely N-dealkylation sites (tertiary alicyclic amines) is 2. The number of nitrogens with one attached hydrogen (secondary N) is 1. The molecule has 0 spiro atoms. The molecule has 2 aromatic heterocycles. The second-order valence-corrected chi connectivity index (χ2v) is 8.79. The molecule has 1 atom stereocenters. The minimum absolute atomic E-state index is 0.0434. The molecule has 0 saturated carbocycles. The predicted octanol–water partition coefficient (Wildman–Crippen LogP) is 4.29. The van der Waals surface area contributed by atoms with Crippen molar-refractivity contribution in [2.45, 2.75) is 50.9 Å². The van der Waals surface area contributed by atoms with Crippen LogP contribution in [0.1, 0.15) is 41.7 Å². The Morgan fingerprint density at radius 2 is 1.86 bits per heavy atom. The maximum atomic E-state index is 14.3. The van der Waals surface area contributed by atoms with Crippen molar-refractivity contribution in [3.05, 3.63) is 41.7 Å². The van der Waals surface area contributed by atoms with Crippen molar-refractivity contribution in [3.8, 4) is 5.75 Å². The van der Waals surface area contributed by atoms with E-state index in [-0.39, 0.29) is 29.7 Å². The Balaban J connectivity index is 1.58. The number of carbonyl (C=O) groups excluding carboxylic acids is 2. The lowest BCUT2D eigenvalue weighted by Crippen LogP contribution is -2.57. The Morgan fingerprint density at radius 3 is 2.56 bits per heavy atom. The average Bonchev–Trinajstić information content (AvgIpc) is 3.33. The van der Waals surface area contributed by atoms with Crippen molar-refractivity contribution in [1.82, 2.24) is 19.8 Å². The summed E-state index contributed by atoms with van der Waals surface area (Å²) in [5, 5.41) is 2.69. The van der Waals surface area contributed by atoms with Gasteiger partial charge in [-0.05, 0) is 43.9 Å². The monoisotopic (exact) mass is 513 g/mol. The quantitative estimate of drug-likeness (QED) is 0.601. The number of piperidine rings is 1. The first-order chi connectivity index (χ1) is 16.9. The Labute approximate surface area is 203 Å². The van der Waals surface area contributed by atoms with Gasteiger partial charge >= 0.3 is 6.36 Å². The molecule has 1 unspecified atom stereocenters. The smallest absolute Gasteiger partial charge is 0.406 e. The van der Waals surface area contributed by atoms with E-state index in [2.05, 4.69) is 20.0 Å². The fourth-order valence-corrected chi connectivity index (χ4v) is 4.32. The van der Waals surface area contributed by atoms with E-state index in [9.17, 15) is 31.5 Å². The molecule has 0 bridgehead atoms. The highest BCUT2D eigenvalue weighted by atomic mass is 19.4. The average molecular weight is 513 g/mol. The van der Waals surface area contributed by atoms with Crippen molar-refractivity contribution < 1.29 is 36.3 Å². The molecular weight excluding hydrogens is 489 g/mol. The van der Waals surface area contributed by atoms with E-state index in [1.807, 2.05) is 0 Å². The molecule has 2 aliphatic rings. The van der Waals surface area contributed by atoms with Crippen LogP contribution in [0.15, 0.2) is 30.5 Å². The molecular formula is C23H24F5N5O3. The van der Waals surface area contributed by atoms with E-state index in [0.717, 1.165) is 36.1 Å². The molecule has 13 heteroatoms. The fraction of sp³-hybridized carbons (Fsp3) is 0.478. The molecule has 2 aromatic rings. The van der Waals surface area contributed by atoms with Gasteiger partial charge in [-0.1, -0.05) is 6.07 Å². The molecule has 36 heavy (non-hydrogen) atoms. The molecule has 0 aromatic carbocycles. The summed E-state index contributed by atoms with van der Waals surface area (Å²) >= 11 is 0. The summed E-state index contributed by atoms with van der Waals surface area (Å²) in [6.07, 6.45) is -2.83. The lowest BCUT2D eigenvalue weighted by atomic mass is 9.97. The van der Waals surface area contributed by atoms with Gasteiger partial charge in [0.1, 0.15) is 29.1 Å². The van der Waals surface area contributed by atoms with Crippen molar-refractivity contribution >= 4 is 23.5 Å². The van der Waals surface area contributed by atoms with Gasteiger partial charge in [-0.2, -0.15) is 0 Å². The molecule has 2 fully saturated rings. The van der Waals surface area contributed by atoms with Gasteiger partial charge < -0.3 is 19.9 Å². The number of pyridine rings is 2. The maximum absolute atomic E-state index is 14.3. The summed E-state index contributed by atoms with van der Waals surface area (Å²) in [4.78, 5) is 37.1. The standard InChI is InChI=1S/C23H24F5N5O3/c1-14-4-5-17(30-18-12-15(7-9-29-18)36-23(26,27)28)31-19(14)21(35)33-13-22(24,25)8-6-16(33)20(34)32-10-2-3-11-32/h4-5,7,9,12,16H,2-3,6,8,10-11,13H2,1H3,(H,29,30,31). The normalized spacial score (nSPS) is 19.8. The molecule has 1 N–H and O–H groups in total. The topological polar surface area (TPSA) is 87.7 Å². The molecule has 4 rings (SSSR count). The lowest BCUT2D eigenvalue weighted by Gasteiger charge is -2.40. The number of hydrogen-bond donors (Lipinski definition) is 1. The highest BCUT2D eigenvalue weighted by molar-refractivity contribution is 5.97. The minimum Gasteiger partial charge on any atom is -0.406 e. The van der Waals surface area contributed by atoms with E-state index in [1.54, 1.807) is 11.8 Å². The van der Waals surface area contributed by atoms with Crippen LogP contribution in [0.4, 0.5) is 33.6 Å². The van der Waals surface area contributed by atoms with Gasteiger partial charge in [-0.25, -0.2) is 18.7 Å². The van der Waals surface area contributed by atoms with Crippen LogP contribution in [0.3, 0.4) is 0 Å². The molecule has 8 nitrogen and oxygen atoms in total. The molecule has 2 aliphatic heterocycles. The minimum atomic E-state index is -4.89. The largest absolute Gasteiger partial charge is 0.573 e. The van der Waals surface area contributed by atoms with Crippen molar-refractivity contribution in [2.24, 2.45) is 0 Å². The highest BCUT2D eigenvalue weighted by Gasteiger charge is 2.46. The lowest BCUT2D eigenvalue weighted by molar-refractivity contribution is -0.274. The summed E-state index contributed by atoms with van der Waals surface area (Å²) in [5.41, 5.74) is 0.230. The summed E-state index contributed by atoms with van der Waals surface area (Å²) < 4.78 is 70.0. The first kappa shape index (κ1) is 25.6. The number of amides is 2. The number of alkyl halides is 5. The third-order valence-electron chi connectivity index (χ3n) is 6.05. The van der Waals surface area contributed by atoms with Crippen molar-refractivity contribution in [1.29, 1.82) is 0 Å². The van der Waals surface area contributed by atoms with Crippen LogP contribution in [0, 0.1) is 6.92 Å². The van der Waals surface area contributed by atoms with Crippen molar-refractivity contribution in [3.63, 3.8) is 0 Å².